The summed E-state index contributed by atoms with van der Waals surface area (Å²) in [6, 6.07) is 3.53. The average molecular weight is 424 g/mol. The molecular formula is C10H11AcF2N2-. The van der Waals surface area contributed by atoms with Gasteiger partial charge in [-0.3, -0.25) is 0 Å². The fourth-order valence-electron chi connectivity index (χ4n) is 1.63. The number of aromatic nitrogens is 1. The summed E-state index contributed by atoms with van der Waals surface area (Å²) < 4.78 is 25.8. The first-order valence-electron chi connectivity index (χ1n) is 4.48. The van der Waals surface area contributed by atoms with E-state index in [4.69, 9.17) is 0 Å². The number of rotatable bonds is 1. The second kappa shape index (κ2) is 4.97. The molecule has 0 aliphatic carbocycles. The first kappa shape index (κ1) is 13.2. The molecule has 0 aromatic carbocycles. The van der Waals surface area contributed by atoms with Gasteiger partial charge in [-0.25, -0.2) is 8.78 Å². The number of pyridine rings is 1. The van der Waals surface area contributed by atoms with Crippen LogP contribution in [0.25, 0.3) is 0 Å². The molecular weight excluding hydrogens is 413 g/mol. The predicted octanol–water partition coefficient (Wildman–Crippen LogP) is 2.11. The van der Waals surface area contributed by atoms with Crippen LogP contribution < -0.4 is 4.90 Å². The van der Waals surface area contributed by atoms with Gasteiger partial charge >= 0.3 is 0 Å². The quantitative estimate of drug-likeness (QED) is 0.643. The summed E-state index contributed by atoms with van der Waals surface area (Å²) in [6.45, 7) is 3.87. The van der Waals surface area contributed by atoms with Crippen molar-refractivity contribution in [3.05, 3.63) is 30.8 Å². The van der Waals surface area contributed by atoms with Crippen LogP contribution in [0.15, 0.2) is 18.3 Å². The normalized spacial score (nSPS) is 18.7. The second-order valence-electron chi connectivity index (χ2n) is 3.51. The summed E-state index contributed by atoms with van der Waals surface area (Å²) in [7, 11) is 0. The molecule has 79 valence electrons. The van der Waals surface area contributed by atoms with Crippen molar-refractivity contribution >= 4 is 5.82 Å². The molecule has 0 spiro atoms. The van der Waals surface area contributed by atoms with E-state index in [1.807, 2.05) is 0 Å². The van der Waals surface area contributed by atoms with Gasteiger partial charge in [-0.1, -0.05) is 0 Å². The molecule has 0 saturated carbocycles. The molecule has 5 heteroatoms. The zero-order chi connectivity index (χ0) is 10.2. The molecule has 15 heavy (non-hydrogen) atoms. The third kappa shape index (κ3) is 3.04. The van der Waals surface area contributed by atoms with E-state index in [0.29, 0.717) is 17.9 Å². The molecule has 1 fully saturated rings. The Morgan fingerprint density at radius 2 is 2.20 bits per heavy atom. The van der Waals surface area contributed by atoms with Crippen molar-refractivity contribution in [3.63, 3.8) is 0 Å². The molecule has 0 unspecified atom stereocenters. The van der Waals surface area contributed by atoms with Crippen molar-refractivity contribution in [1.29, 1.82) is 0 Å². The maximum Gasteiger partial charge on any atom is 0.265 e. The molecule has 1 aromatic heterocycles. The van der Waals surface area contributed by atoms with Crippen LogP contribution in [0, 0.1) is 51.0 Å². The first-order valence-corrected chi connectivity index (χ1v) is 4.48. The van der Waals surface area contributed by atoms with E-state index in [2.05, 4.69) is 11.9 Å². The Morgan fingerprint density at radius 3 is 2.73 bits per heavy atom. The Balaban J connectivity index is 0.00000112. The molecule has 1 aliphatic heterocycles. The van der Waals surface area contributed by atoms with Crippen LogP contribution in [0.4, 0.5) is 14.6 Å². The Labute approximate surface area is 124 Å². The molecule has 1 aliphatic rings. The molecule has 1 aromatic rings. The molecule has 1 saturated heterocycles. The van der Waals surface area contributed by atoms with Crippen LogP contribution in [-0.2, 0) is 0 Å². The van der Waals surface area contributed by atoms with Crippen LogP contribution in [0.5, 0.6) is 0 Å². The van der Waals surface area contributed by atoms with Gasteiger partial charge in [0, 0.05) is 69.0 Å². The number of anilines is 1. The van der Waals surface area contributed by atoms with Gasteiger partial charge in [0.2, 0.25) is 0 Å². The SMILES string of the molecule is [Ac].[CH2-]c1cccnc1N1CCC(F)(F)C1. The summed E-state index contributed by atoms with van der Waals surface area (Å²) in [6.07, 6.45) is 1.50. The molecule has 0 amide bonds. The van der Waals surface area contributed by atoms with E-state index in [-0.39, 0.29) is 57.0 Å². The van der Waals surface area contributed by atoms with E-state index in [0.717, 1.165) is 0 Å². The van der Waals surface area contributed by atoms with Crippen LogP contribution in [-0.4, -0.2) is 24.0 Å². The van der Waals surface area contributed by atoms with Crippen molar-refractivity contribution < 1.29 is 52.8 Å². The summed E-state index contributed by atoms with van der Waals surface area (Å²) in [5, 5.41) is 0. The predicted molar refractivity (Wildman–Crippen MR) is 50.5 cm³/mol. The maximum atomic E-state index is 12.9. The Kier molecular flexibility index (Phi) is 4.37. The maximum absolute atomic E-state index is 12.9. The third-order valence-electron chi connectivity index (χ3n) is 2.34. The fourth-order valence-corrected chi connectivity index (χ4v) is 1.63. The number of hydrogen-bond acceptors (Lipinski definition) is 2. The van der Waals surface area contributed by atoms with Gasteiger partial charge in [0.05, 0.1) is 6.54 Å². The van der Waals surface area contributed by atoms with Gasteiger partial charge in [-0.2, -0.15) is 18.6 Å². The van der Waals surface area contributed by atoms with Gasteiger partial charge in [0.25, 0.3) is 5.92 Å². The molecule has 0 atom stereocenters. The van der Waals surface area contributed by atoms with Crippen molar-refractivity contribution in [2.75, 3.05) is 18.0 Å². The van der Waals surface area contributed by atoms with E-state index >= 15 is 0 Å². The van der Waals surface area contributed by atoms with Crippen molar-refractivity contribution in [2.24, 2.45) is 0 Å². The molecule has 1 radical (unpaired) electrons. The second-order valence-corrected chi connectivity index (χ2v) is 3.51. The van der Waals surface area contributed by atoms with Crippen LogP contribution in [0.1, 0.15) is 12.0 Å². The number of alkyl halides is 2. The molecule has 0 N–H and O–H groups in total. The average Bonchev–Trinajstić information content (AvgIpc) is 2.47. The molecule has 2 rings (SSSR count). The summed E-state index contributed by atoms with van der Waals surface area (Å²) >= 11 is 0. The largest absolute Gasteiger partial charge is 0.403 e. The zero-order valence-corrected chi connectivity index (χ0v) is 13.0. The van der Waals surface area contributed by atoms with Crippen LogP contribution in [0.2, 0.25) is 0 Å². The van der Waals surface area contributed by atoms with Gasteiger partial charge in [-0.15, -0.1) is 6.07 Å². The number of nitrogens with zero attached hydrogens (tertiary/aromatic N) is 2. The molecule has 2 nitrogen and oxygen atoms in total. The monoisotopic (exact) mass is 424 g/mol. The Morgan fingerprint density at radius 1 is 1.47 bits per heavy atom. The van der Waals surface area contributed by atoms with Crippen molar-refractivity contribution in [1.82, 2.24) is 4.98 Å². The minimum atomic E-state index is -2.58. The first-order chi connectivity index (χ1) is 6.58. The van der Waals surface area contributed by atoms with E-state index in [1.165, 1.54) is 0 Å². The molecule has 0 bridgehead atoms. The number of halogens is 2. The smallest absolute Gasteiger partial charge is 0.265 e. The Bertz CT molecular complexity index is 344. The van der Waals surface area contributed by atoms with Crippen molar-refractivity contribution in [3.8, 4) is 0 Å². The Hall–Kier alpha value is 0.122. The van der Waals surface area contributed by atoms with Crippen LogP contribution >= 0.6 is 0 Å². The van der Waals surface area contributed by atoms with Crippen LogP contribution in [0.3, 0.4) is 0 Å². The summed E-state index contributed by atoms with van der Waals surface area (Å²) in [5.74, 6) is -2.01. The van der Waals surface area contributed by atoms with Gasteiger partial charge in [0.15, 0.2) is 0 Å². The summed E-state index contributed by atoms with van der Waals surface area (Å²) in [4.78, 5) is 5.64. The third-order valence-corrected chi connectivity index (χ3v) is 2.34. The van der Waals surface area contributed by atoms with Gasteiger partial charge < -0.3 is 9.88 Å². The summed E-state index contributed by atoms with van der Waals surface area (Å²) in [5.41, 5.74) is 0.699. The van der Waals surface area contributed by atoms with Gasteiger partial charge in [-0.05, 0) is 0 Å². The van der Waals surface area contributed by atoms with E-state index < -0.39 is 5.92 Å². The fraction of sp³-hybridized carbons (Fsp3) is 0.400. The number of hydrogen-bond donors (Lipinski definition) is 0. The molecule has 2 heterocycles. The van der Waals surface area contributed by atoms with E-state index in [1.54, 1.807) is 23.2 Å². The zero-order valence-electron chi connectivity index (χ0n) is 8.29. The topological polar surface area (TPSA) is 16.1 Å². The van der Waals surface area contributed by atoms with Gasteiger partial charge in [0.1, 0.15) is 0 Å². The van der Waals surface area contributed by atoms with Crippen molar-refractivity contribution in [2.45, 2.75) is 12.3 Å². The minimum Gasteiger partial charge on any atom is -0.403 e. The van der Waals surface area contributed by atoms with E-state index in [9.17, 15) is 8.78 Å². The standard InChI is InChI=1S/C10H11F2N2.Ac/c1-8-3-2-5-13-9(8)14-6-4-10(11,12)7-14;/h2-3,5H,1,4,6-7H2;/q-1;. The minimum absolute atomic E-state index is 0.